The van der Waals surface area contributed by atoms with Gasteiger partial charge in [0.15, 0.2) is 8.32 Å². The minimum absolute atomic E-state index is 0.0692. The first kappa shape index (κ1) is 42.5. The highest BCUT2D eigenvalue weighted by molar-refractivity contribution is 7.46. The van der Waals surface area contributed by atoms with Gasteiger partial charge in [0.25, 0.3) is 0 Å². The zero-order chi connectivity index (χ0) is 37.5. The van der Waals surface area contributed by atoms with Crippen molar-refractivity contribution in [2.75, 3.05) is 6.61 Å². The van der Waals surface area contributed by atoms with E-state index in [9.17, 15) is 14.4 Å². The van der Waals surface area contributed by atoms with Crippen LogP contribution in [0.4, 0.5) is 0 Å². The van der Waals surface area contributed by atoms with Gasteiger partial charge >= 0.3 is 7.82 Å². The fourth-order valence-corrected chi connectivity index (χ4v) is 11.1. The molecule has 1 aliphatic rings. The van der Waals surface area contributed by atoms with Crippen LogP contribution in [0, 0.1) is 0 Å². The number of hydrogen-bond acceptors (Lipinski definition) is 7. The summed E-state index contributed by atoms with van der Waals surface area (Å²) >= 11 is 0. The van der Waals surface area contributed by atoms with Crippen molar-refractivity contribution in [3.8, 4) is 0 Å². The Bertz CT molecular complexity index is 1470. The number of phosphoric ester groups is 1. The lowest BCUT2D eigenvalue weighted by molar-refractivity contribution is -0.392. The molecule has 5 atom stereocenters. The third-order valence-electron chi connectivity index (χ3n) is 10.4. The molecule has 9 nitrogen and oxygen atoms in total. The molecule has 0 aromatic heterocycles. The highest BCUT2D eigenvalue weighted by Crippen LogP contribution is 2.57. The minimum Gasteiger partial charge on any atom is -0.404 e. The fourth-order valence-electron chi connectivity index (χ4n) is 7.36. The summed E-state index contributed by atoms with van der Waals surface area (Å²) in [7, 11) is -7.72. The second-order valence-electron chi connectivity index (χ2n) is 13.9. The van der Waals surface area contributed by atoms with E-state index in [2.05, 4.69) is 27.7 Å². The summed E-state index contributed by atoms with van der Waals surface area (Å²) in [4.78, 5) is 21.5. The SMILES string of the molecule is CCCC[C@]1(OP(=O)(O)O)O[C@H](COCc2ccccc2)[C@@H](OCc2ccccc2)[C@H](OCc2ccccc2)[C@@]1(CCCC)O[Si](CC)(CC)CC. The maximum Gasteiger partial charge on any atom is 0.472 e. The van der Waals surface area contributed by atoms with Crippen LogP contribution in [-0.2, 0) is 52.3 Å². The Hall–Kier alpha value is -2.21. The number of unbranched alkanes of at least 4 members (excludes halogenated alkanes) is 2. The quantitative estimate of drug-likeness (QED) is 0.0722. The molecule has 0 bridgehead atoms. The van der Waals surface area contributed by atoms with Crippen LogP contribution < -0.4 is 0 Å². The van der Waals surface area contributed by atoms with E-state index in [0.717, 1.165) is 47.7 Å². The van der Waals surface area contributed by atoms with Gasteiger partial charge < -0.3 is 33.2 Å². The topological polar surface area (TPSA) is 113 Å². The molecule has 1 saturated heterocycles. The highest BCUT2D eigenvalue weighted by Gasteiger charge is 2.70. The molecule has 52 heavy (non-hydrogen) atoms. The van der Waals surface area contributed by atoms with Crippen molar-refractivity contribution in [1.29, 1.82) is 0 Å². The van der Waals surface area contributed by atoms with E-state index in [-0.39, 0.29) is 26.2 Å². The lowest BCUT2D eigenvalue weighted by Gasteiger charge is -2.61. The first-order valence-corrected chi connectivity index (χ1v) is 23.2. The van der Waals surface area contributed by atoms with Crippen LogP contribution in [0.1, 0.15) is 89.8 Å². The fraction of sp³-hybridized carbons (Fsp3) is 0.561. The standard InChI is InChI=1S/C41H61O9PSi/c1-6-11-28-40(50-52(8-3,9-4)10-5)39(47-32-36-26-20-15-21-27-36)38(46-31-35-24-18-14-19-25-35)37(33-45-30-34-22-16-13-17-23-34)48-41(40,29-12-7-2)49-51(42,43)44/h13-27,37-39H,6-12,28-33H2,1-5H3,(H2,42,43,44)/t37-,38-,39+,40-,41-/m1/s1. The molecule has 0 aliphatic carbocycles. The predicted octanol–water partition coefficient (Wildman–Crippen LogP) is 9.72. The molecule has 0 saturated carbocycles. The molecule has 288 valence electrons. The van der Waals surface area contributed by atoms with Gasteiger partial charge in [-0.15, -0.1) is 0 Å². The highest BCUT2D eigenvalue weighted by atomic mass is 31.2. The summed E-state index contributed by atoms with van der Waals surface area (Å²) in [6.07, 6.45) is 0.992. The summed E-state index contributed by atoms with van der Waals surface area (Å²) in [5.74, 6) is -1.87. The van der Waals surface area contributed by atoms with E-state index in [1.54, 1.807) is 0 Å². The molecule has 3 aromatic carbocycles. The smallest absolute Gasteiger partial charge is 0.404 e. The normalized spacial score (nSPS) is 23.9. The van der Waals surface area contributed by atoms with Gasteiger partial charge in [-0.1, -0.05) is 145 Å². The minimum atomic E-state index is -5.16. The van der Waals surface area contributed by atoms with Crippen molar-refractivity contribution < 1.29 is 42.2 Å². The molecule has 1 heterocycles. The second kappa shape index (κ2) is 20.5. The molecule has 1 aliphatic heterocycles. The zero-order valence-corrected chi connectivity index (χ0v) is 33.7. The van der Waals surface area contributed by atoms with Crippen molar-refractivity contribution in [2.45, 2.75) is 141 Å². The lowest BCUT2D eigenvalue weighted by Crippen LogP contribution is -2.77. The molecule has 0 radical (unpaired) electrons. The largest absolute Gasteiger partial charge is 0.472 e. The number of rotatable bonds is 23. The van der Waals surface area contributed by atoms with E-state index in [4.69, 9.17) is 27.9 Å². The van der Waals surface area contributed by atoms with Crippen LogP contribution >= 0.6 is 7.82 Å². The van der Waals surface area contributed by atoms with Crippen molar-refractivity contribution in [2.24, 2.45) is 0 Å². The monoisotopic (exact) mass is 756 g/mol. The van der Waals surface area contributed by atoms with Crippen LogP contribution in [0.25, 0.3) is 0 Å². The molecule has 0 amide bonds. The number of ether oxygens (including phenoxy) is 4. The van der Waals surface area contributed by atoms with Crippen molar-refractivity contribution >= 4 is 16.1 Å². The van der Waals surface area contributed by atoms with Crippen LogP contribution in [0.2, 0.25) is 18.1 Å². The Labute approximate surface area is 312 Å². The second-order valence-corrected chi connectivity index (χ2v) is 19.8. The average molecular weight is 757 g/mol. The Kier molecular flexibility index (Phi) is 16.7. The molecule has 3 aromatic rings. The van der Waals surface area contributed by atoms with Crippen molar-refractivity contribution in [3.05, 3.63) is 108 Å². The Balaban J connectivity index is 1.96. The molecule has 11 heteroatoms. The summed E-state index contributed by atoms with van der Waals surface area (Å²) in [5.41, 5.74) is 1.49. The molecular weight excluding hydrogens is 696 g/mol. The van der Waals surface area contributed by atoms with Gasteiger partial charge in [-0.25, -0.2) is 4.57 Å². The van der Waals surface area contributed by atoms with Gasteiger partial charge in [-0.2, -0.15) is 0 Å². The van der Waals surface area contributed by atoms with Gasteiger partial charge in [0.05, 0.1) is 26.4 Å². The maximum absolute atomic E-state index is 13.2. The van der Waals surface area contributed by atoms with Gasteiger partial charge in [-0.05, 0) is 47.7 Å². The van der Waals surface area contributed by atoms with Crippen LogP contribution in [0.15, 0.2) is 91.0 Å². The van der Waals surface area contributed by atoms with Crippen LogP contribution in [-0.4, -0.2) is 54.4 Å². The van der Waals surface area contributed by atoms with Gasteiger partial charge in [0, 0.05) is 6.42 Å². The molecular formula is C41H61O9PSi. The molecule has 0 unspecified atom stereocenters. The number of hydrogen-bond donors (Lipinski definition) is 2. The number of benzene rings is 3. The molecule has 4 rings (SSSR count). The predicted molar refractivity (Wildman–Crippen MR) is 207 cm³/mol. The third kappa shape index (κ3) is 11.2. The van der Waals surface area contributed by atoms with E-state index < -0.39 is 45.8 Å². The van der Waals surface area contributed by atoms with Crippen LogP contribution in [0.5, 0.6) is 0 Å². The summed E-state index contributed by atoms with van der Waals surface area (Å²) in [6.45, 7) is 11.5. The third-order valence-corrected chi connectivity index (χ3v) is 15.6. The van der Waals surface area contributed by atoms with E-state index in [1.807, 2.05) is 97.9 Å². The molecule has 0 spiro atoms. The van der Waals surface area contributed by atoms with Gasteiger partial charge in [0.1, 0.15) is 23.9 Å². The van der Waals surface area contributed by atoms with E-state index in [1.165, 1.54) is 0 Å². The van der Waals surface area contributed by atoms with Gasteiger partial charge in [-0.3, -0.25) is 4.52 Å². The number of phosphoric acid groups is 1. The van der Waals surface area contributed by atoms with Crippen molar-refractivity contribution in [1.82, 2.24) is 0 Å². The molecule has 2 N–H and O–H groups in total. The van der Waals surface area contributed by atoms with E-state index in [0.29, 0.717) is 25.9 Å². The van der Waals surface area contributed by atoms with E-state index >= 15 is 0 Å². The summed E-state index contributed by atoms with van der Waals surface area (Å²) in [6, 6.07) is 32.1. The summed E-state index contributed by atoms with van der Waals surface area (Å²) in [5, 5.41) is 0. The Morgan fingerprint density at radius 1 is 0.692 bits per heavy atom. The first-order valence-electron chi connectivity index (χ1n) is 19.2. The Morgan fingerprint density at radius 2 is 1.17 bits per heavy atom. The molecule has 1 fully saturated rings. The van der Waals surface area contributed by atoms with Crippen molar-refractivity contribution in [3.63, 3.8) is 0 Å². The average Bonchev–Trinajstić information content (AvgIpc) is 3.16. The first-order chi connectivity index (χ1) is 25.1. The van der Waals surface area contributed by atoms with Gasteiger partial charge in [0.2, 0.25) is 5.79 Å². The Morgan fingerprint density at radius 3 is 1.65 bits per heavy atom. The lowest BCUT2D eigenvalue weighted by atomic mass is 9.74. The van der Waals surface area contributed by atoms with Crippen LogP contribution in [0.3, 0.4) is 0 Å². The maximum atomic E-state index is 13.2. The zero-order valence-electron chi connectivity index (χ0n) is 31.8. The summed E-state index contributed by atoms with van der Waals surface area (Å²) < 4.78 is 54.5.